The molecule has 5 heteroatoms. The lowest BCUT2D eigenvalue weighted by atomic mass is 10.1. The predicted octanol–water partition coefficient (Wildman–Crippen LogP) is 0.640. The van der Waals surface area contributed by atoms with Crippen molar-refractivity contribution in [1.29, 1.82) is 0 Å². The number of nitrogens with zero attached hydrogens (tertiary/aromatic N) is 1. The van der Waals surface area contributed by atoms with Gasteiger partial charge in [-0.05, 0) is 12.8 Å². The summed E-state index contributed by atoms with van der Waals surface area (Å²) in [6, 6.07) is -0.345. The number of ether oxygens (including phenoxy) is 1. The Kier molecular flexibility index (Phi) is 6.89. The van der Waals surface area contributed by atoms with Gasteiger partial charge in [-0.25, -0.2) is 0 Å². The lowest BCUT2D eigenvalue weighted by Gasteiger charge is -2.23. The van der Waals surface area contributed by atoms with E-state index in [2.05, 4.69) is 0 Å². The Morgan fingerprint density at radius 2 is 2.33 bits per heavy atom. The highest BCUT2D eigenvalue weighted by Crippen LogP contribution is 2.13. The molecule has 1 rings (SSSR count). The Labute approximate surface area is 97.5 Å². The van der Waals surface area contributed by atoms with Crippen molar-refractivity contribution < 1.29 is 9.53 Å². The highest BCUT2D eigenvalue weighted by molar-refractivity contribution is 5.85. The summed E-state index contributed by atoms with van der Waals surface area (Å²) in [7, 11) is 1.82. The third-order valence-electron chi connectivity index (χ3n) is 2.69. The average Bonchev–Trinajstić information content (AvgIpc) is 2.68. The quantitative estimate of drug-likeness (QED) is 0.780. The smallest absolute Gasteiger partial charge is 0.239 e. The summed E-state index contributed by atoms with van der Waals surface area (Å²) < 4.78 is 5.26. The maximum absolute atomic E-state index is 11.6. The van der Waals surface area contributed by atoms with Gasteiger partial charge in [0.1, 0.15) is 0 Å². The van der Waals surface area contributed by atoms with Crippen molar-refractivity contribution in [2.45, 2.75) is 25.8 Å². The molecule has 0 bridgehead atoms. The van der Waals surface area contributed by atoms with E-state index in [1.807, 2.05) is 14.0 Å². The highest BCUT2D eigenvalue weighted by Gasteiger charge is 2.22. The molecule has 1 fully saturated rings. The highest BCUT2D eigenvalue weighted by atomic mass is 35.5. The van der Waals surface area contributed by atoms with Gasteiger partial charge in [0.05, 0.1) is 12.6 Å². The maximum atomic E-state index is 11.6. The molecule has 1 heterocycles. The van der Waals surface area contributed by atoms with Crippen molar-refractivity contribution in [1.82, 2.24) is 4.90 Å². The Morgan fingerprint density at radius 1 is 1.67 bits per heavy atom. The fraction of sp³-hybridized carbons (Fsp3) is 0.900. The molecule has 0 aliphatic carbocycles. The van der Waals surface area contributed by atoms with Gasteiger partial charge in [0, 0.05) is 26.1 Å². The second-order valence-electron chi connectivity index (χ2n) is 3.96. The number of carbonyl (C=O) groups excluding carboxylic acids is 1. The maximum Gasteiger partial charge on any atom is 0.239 e. The van der Waals surface area contributed by atoms with Crippen LogP contribution in [-0.2, 0) is 9.53 Å². The first-order valence-corrected chi connectivity index (χ1v) is 5.23. The third kappa shape index (κ3) is 4.36. The second kappa shape index (κ2) is 7.04. The SMILES string of the molecule is CC[C@H](N)C(=O)N(C)CC1CCOC1.Cl. The van der Waals surface area contributed by atoms with Gasteiger partial charge in [0.15, 0.2) is 0 Å². The summed E-state index contributed by atoms with van der Waals surface area (Å²) in [5.74, 6) is 0.535. The molecule has 2 atom stereocenters. The molecule has 0 aromatic rings. The lowest BCUT2D eigenvalue weighted by molar-refractivity contribution is -0.131. The summed E-state index contributed by atoms with van der Waals surface area (Å²) in [5.41, 5.74) is 5.67. The third-order valence-corrected chi connectivity index (χ3v) is 2.69. The molecule has 0 spiro atoms. The van der Waals surface area contributed by atoms with E-state index in [0.717, 1.165) is 26.2 Å². The molecule has 1 aliphatic heterocycles. The first kappa shape index (κ1) is 14.7. The molecule has 2 N–H and O–H groups in total. The van der Waals surface area contributed by atoms with Gasteiger partial charge in [-0.1, -0.05) is 6.92 Å². The van der Waals surface area contributed by atoms with E-state index in [9.17, 15) is 4.79 Å². The molecule has 1 aliphatic rings. The van der Waals surface area contributed by atoms with Crippen molar-refractivity contribution in [2.24, 2.45) is 11.7 Å². The van der Waals surface area contributed by atoms with Crippen LogP contribution < -0.4 is 5.73 Å². The standard InChI is InChI=1S/C10H20N2O2.ClH/c1-3-9(11)10(13)12(2)6-8-4-5-14-7-8;/h8-9H,3-7,11H2,1-2H3;1H/t8?,9-;/m0./s1. The Balaban J connectivity index is 0.00000196. The number of amides is 1. The van der Waals surface area contributed by atoms with Crippen molar-refractivity contribution in [3.8, 4) is 0 Å². The van der Waals surface area contributed by atoms with Crippen LogP contribution in [0.5, 0.6) is 0 Å². The van der Waals surface area contributed by atoms with Crippen LogP contribution in [0.15, 0.2) is 0 Å². The Hall–Kier alpha value is -0.320. The fourth-order valence-electron chi connectivity index (χ4n) is 1.66. The van der Waals surface area contributed by atoms with Crippen LogP contribution in [0.2, 0.25) is 0 Å². The molecule has 4 nitrogen and oxygen atoms in total. The number of halogens is 1. The number of hydrogen-bond acceptors (Lipinski definition) is 3. The molecule has 1 unspecified atom stereocenters. The van der Waals surface area contributed by atoms with E-state index in [1.54, 1.807) is 4.90 Å². The van der Waals surface area contributed by atoms with E-state index in [0.29, 0.717) is 12.3 Å². The monoisotopic (exact) mass is 236 g/mol. The molecule has 90 valence electrons. The van der Waals surface area contributed by atoms with Gasteiger partial charge in [-0.2, -0.15) is 0 Å². The Bertz CT molecular complexity index is 196. The zero-order valence-electron chi connectivity index (χ0n) is 9.44. The summed E-state index contributed by atoms with van der Waals surface area (Å²) in [5, 5.41) is 0. The predicted molar refractivity (Wildman–Crippen MR) is 62.1 cm³/mol. The van der Waals surface area contributed by atoms with Gasteiger partial charge in [-0.3, -0.25) is 4.79 Å². The van der Waals surface area contributed by atoms with Gasteiger partial charge in [0.25, 0.3) is 0 Å². The molecule has 0 aromatic heterocycles. The van der Waals surface area contributed by atoms with E-state index in [4.69, 9.17) is 10.5 Å². The second-order valence-corrected chi connectivity index (χ2v) is 3.96. The summed E-state index contributed by atoms with van der Waals surface area (Å²) >= 11 is 0. The van der Waals surface area contributed by atoms with Gasteiger partial charge in [0.2, 0.25) is 5.91 Å². The summed E-state index contributed by atoms with van der Waals surface area (Å²) in [6.07, 6.45) is 1.75. The van der Waals surface area contributed by atoms with Crippen molar-refractivity contribution in [3.63, 3.8) is 0 Å². The Morgan fingerprint density at radius 3 is 2.80 bits per heavy atom. The number of likely N-dealkylation sites (N-methyl/N-ethyl adjacent to an activating group) is 1. The number of rotatable bonds is 4. The van der Waals surface area contributed by atoms with Crippen molar-refractivity contribution in [3.05, 3.63) is 0 Å². The van der Waals surface area contributed by atoms with Crippen LogP contribution in [0.3, 0.4) is 0 Å². The molecule has 1 saturated heterocycles. The molecular weight excluding hydrogens is 216 g/mol. The average molecular weight is 237 g/mol. The summed E-state index contributed by atoms with van der Waals surface area (Å²) in [6.45, 7) is 4.30. The van der Waals surface area contributed by atoms with Gasteiger partial charge in [-0.15, -0.1) is 12.4 Å². The number of carbonyl (C=O) groups is 1. The normalized spacial score (nSPS) is 21.9. The molecular formula is C10H21ClN2O2. The van der Waals surface area contributed by atoms with Crippen molar-refractivity contribution >= 4 is 18.3 Å². The first-order valence-electron chi connectivity index (χ1n) is 5.23. The molecule has 0 aromatic carbocycles. The van der Waals surface area contributed by atoms with E-state index < -0.39 is 0 Å². The molecule has 1 amide bonds. The van der Waals surface area contributed by atoms with Crippen LogP contribution in [0.1, 0.15) is 19.8 Å². The van der Waals surface area contributed by atoms with E-state index in [1.165, 1.54) is 0 Å². The van der Waals surface area contributed by atoms with Crippen LogP contribution in [-0.4, -0.2) is 43.7 Å². The molecule has 0 saturated carbocycles. The minimum atomic E-state index is -0.345. The minimum Gasteiger partial charge on any atom is -0.381 e. The zero-order chi connectivity index (χ0) is 10.6. The minimum absolute atomic E-state index is 0. The first-order chi connectivity index (χ1) is 6.65. The van der Waals surface area contributed by atoms with Crippen LogP contribution in [0.25, 0.3) is 0 Å². The molecule has 0 radical (unpaired) electrons. The van der Waals surface area contributed by atoms with Crippen LogP contribution in [0.4, 0.5) is 0 Å². The van der Waals surface area contributed by atoms with Crippen LogP contribution >= 0.6 is 12.4 Å². The van der Waals surface area contributed by atoms with E-state index in [-0.39, 0.29) is 24.4 Å². The largest absolute Gasteiger partial charge is 0.381 e. The van der Waals surface area contributed by atoms with Crippen molar-refractivity contribution in [2.75, 3.05) is 26.8 Å². The van der Waals surface area contributed by atoms with Gasteiger partial charge < -0.3 is 15.4 Å². The van der Waals surface area contributed by atoms with E-state index >= 15 is 0 Å². The summed E-state index contributed by atoms with van der Waals surface area (Å²) in [4.78, 5) is 13.4. The topological polar surface area (TPSA) is 55.6 Å². The number of nitrogens with two attached hydrogens (primary N) is 1. The van der Waals surface area contributed by atoms with Gasteiger partial charge >= 0.3 is 0 Å². The fourth-order valence-corrected chi connectivity index (χ4v) is 1.66. The number of hydrogen-bond donors (Lipinski definition) is 1. The molecule has 15 heavy (non-hydrogen) atoms. The zero-order valence-corrected chi connectivity index (χ0v) is 10.3. The lowest BCUT2D eigenvalue weighted by Crippen LogP contribution is -2.43. The van der Waals surface area contributed by atoms with Crippen LogP contribution in [0, 0.1) is 5.92 Å².